The lowest BCUT2D eigenvalue weighted by atomic mass is 9.49. The van der Waals surface area contributed by atoms with Crippen LogP contribution in [0.1, 0.15) is 58.3 Å². The third kappa shape index (κ3) is 3.61. The van der Waals surface area contributed by atoms with Gasteiger partial charge < -0.3 is 14.7 Å². The molecule has 0 unspecified atom stereocenters. The Hall–Kier alpha value is -1.10. The number of aliphatic hydroxyl groups is 1. The first-order valence-corrected chi connectivity index (χ1v) is 9.62. The molecule has 136 valence electrons. The fraction of sp³-hybridized carbons (Fsp3) is 0.895. The van der Waals surface area contributed by atoms with Crippen LogP contribution in [0, 0.1) is 23.2 Å². The van der Waals surface area contributed by atoms with Crippen LogP contribution in [-0.2, 0) is 14.3 Å². The fourth-order valence-electron chi connectivity index (χ4n) is 5.74. The molecule has 0 aromatic heterocycles. The first kappa shape index (κ1) is 17.7. The maximum Gasteiger partial charge on any atom is 0.307 e. The maximum absolute atomic E-state index is 13.4. The van der Waals surface area contributed by atoms with E-state index >= 15 is 0 Å². The monoisotopic (exact) mass is 337 g/mol. The number of nitrogens with zero attached hydrogens (tertiary/aromatic N) is 1. The van der Waals surface area contributed by atoms with E-state index in [2.05, 4.69) is 0 Å². The van der Waals surface area contributed by atoms with E-state index in [1.807, 2.05) is 4.90 Å². The van der Waals surface area contributed by atoms with Crippen LogP contribution in [0.5, 0.6) is 0 Å². The van der Waals surface area contributed by atoms with Gasteiger partial charge in [-0.05, 0) is 69.6 Å². The van der Waals surface area contributed by atoms with Crippen molar-refractivity contribution in [1.29, 1.82) is 0 Å². The minimum Gasteiger partial charge on any atom is -0.466 e. The van der Waals surface area contributed by atoms with Crippen molar-refractivity contribution in [2.75, 3.05) is 26.3 Å². The highest BCUT2D eigenvalue weighted by atomic mass is 16.5. The third-order valence-corrected chi connectivity index (χ3v) is 6.26. The Morgan fingerprint density at radius 1 is 1.08 bits per heavy atom. The smallest absolute Gasteiger partial charge is 0.307 e. The van der Waals surface area contributed by atoms with E-state index in [4.69, 9.17) is 9.84 Å². The van der Waals surface area contributed by atoms with Crippen LogP contribution >= 0.6 is 0 Å². The van der Waals surface area contributed by atoms with E-state index in [0.29, 0.717) is 26.1 Å². The van der Waals surface area contributed by atoms with Crippen LogP contribution < -0.4 is 0 Å². The molecule has 0 atom stereocenters. The molecule has 4 fully saturated rings. The minimum atomic E-state index is -0.246. The van der Waals surface area contributed by atoms with Gasteiger partial charge in [0.05, 0.1) is 18.4 Å². The maximum atomic E-state index is 13.4. The molecule has 1 amide bonds. The average Bonchev–Trinajstić information content (AvgIpc) is 2.53. The molecule has 5 heteroatoms. The first-order chi connectivity index (χ1) is 11.6. The molecule has 4 aliphatic carbocycles. The molecular formula is C19H31NO4. The molecule has 0 radical (unpaired) electrons. The highest BCUT2D eigenvalue weighted by Crippen LogP contribution is 2.60. The number of hydrogen-bond acceptors (Lipinski definition) is 4. The quantitative estimate of drug-likeness (QED) is 0.691. The van der Waals surface area contributed by atoms with Gasteiger partial charge >= 0.3 is 5.97 Å². The van der Waals surface area contributed by atoms with E-state index in [0.717, 1.165) is 37.0 Å². The molecule has 0 saturated heterocycles. The van der Waals surface area contributed by atoms with Crippen molar-refractivity contribution in [2.24, 2.45) is 23.2 Å². The number of carbonyl (C=O) groups excluding carboxylic acids is 2. The van der Waals surface area contributed by atoms with Crippen molar-refractivity contribution in [3.63, 3.8) is 0 Å². The minimum absolute atomic E-state index is 0.0735. The Kier molecular flexibility index (Phi) is 5.48. The Bertz CT molecular complexity index is 441. The zero-order valence-electron chi connectivity index (χ0n) is 14.8. The number of carbonyl (C=O) groups is 2. The lowest BCUT2D eigenvalue weighted by Crippen LogP contribution is -2.55. The highest BCUT2D eigenvalue weighted by molar-refractivity contribution is 5.84. The van der Waals surface area contributed by atoms with E-state index in [-0.39, 0.29) is 30.3 Å². The van der Waals surface area contributed by atoms with Gasteiger partial charge in [-0.2, -0.15) is 0 Å². The van der Waals surface area contributed by atoms with Crippen molar-refractivity contribution in [1.82, 2.24) is 4.90 Å². The summed E-state index contributed by atoms with van der Waals surface area (Å²) < 4.78 is 5.00. The largest absolute Gasteiger partial charge is 0.466 e. The molecule has 4 rings (SSSR count). The predicted molar refractivity (Wildman–Crippen MR) is 90.1 cm³/mol. The van der Waals surface area contributed by atoms with Gasteiger partial charge in [0.15, 0.2) is 0 Å². The van der Waals surface area contributed by atoms with E-state index in [9.17, 15) is 9.59 Å². The summed E-state index contributed by atoms with van der Waals surface area (Å²) in [4.78, 5) is 26.9. The molecule has 0 aliphatic heterocycles. The highest BCUT2D eigenvalue weighted by Gasteiger charge is 2.55. The number of hydrogen-bond donors (Lipinski definition) is 1. The van der Waals surface area contributed by atoms with E-state index in [1.165, 1.54) is 19.3 Å². The summed E-state index contributed by atoms with van der Waals surface area (Å²) in [5, 5.41) is 9.16. The Balaban J connectivity index is 1.67. The van der Waals surface area contributed by atoms with Crippen LogP contribution in [0.25, 0.3) is 0 Å². The fourth-order valence-corrected chi connectivity index (χ4v) is 5.74. The summed E-state index contributed by atoms with van der Waals surface area (Å²) in [5.41, 5.74) is -0.182. The van der Waals surface area contributed by atoms with Gasteiger partial charge in [-0.15, -0.1) is 0 Å². The van der Waals surface area contributed by atoms with Crippen LogP contribution in [-0.4, -0.2) is 48.2 Å². The zero-order valence-corrected chi connectivity index (χ0v) is 14.8. The molecular weight excluding hydrogens is 306 g/mol. The van der Waals surface area contributed by atoms with Crippen molar-refractivity contribution in [2.45, 2.75) is 58.3 Å². The van der Waals surface area contributed by atoms with Crippen molar-refractivity contribution >= 4 is 11.9 Å². The second-order valence-corrected chi connectivity index (χ2v) is 8.12. The van der Waals surface area contributed by atoms with Gasteiger partial charge in [0.2, 0.25) is 5.91 Å². The zero-order chi connectivity index (χ0) is 17.2. The molecule has 4 saturated carbocycles. The number of aliphatic hydroxyl groups excluding tert-OH is 1. The van der Waals surface area contributed by atoms with Crippen LogP contribution in [0.4, 0.5) is 0 Å². The van der Waals surface area contributed by atoms with E-state index in [1.54, 1.807) is 6.92 Å². The third-order valence-electron chi connectivity index (χ3n) is 6.26. The van der Waals surface area contributed by atoms with Gasteiger partial charge in [0.25, 0.3) is 0 Å². The van der Waals surface area contributed by atoms with Gasteiger partial charge in [0.1, 0.15) is 0 Å². The number of amides is 1. The summed E-state index contributed by atoms with van der Waals surface area (Å²) in [6.45, 7) is 3.19. The van der Waals surface area contributed by atoms with Crippen molar-refractivity contribution < 1.29 is 19.4 Å². The lowest BCUT2D eigenvalue weighted by molar-refractivity contribution is -0.158. The van der Waals surface area contributed by atoms with Crippen molar-refractivity contribution in [3.8, 4) is 0 Å². The molecule has 4 aliphatic rings. The molecule has 0 heterocycles. The summed E-state index contributed by atoms with van der Waals surface area (Å²) in [5.74, 6) is 2.17. The van der Waals surface area contributed by atoms with Gasteiger partial charge in [0, 0.05) is 19.7 Å². The predicted octanol–water partition coefficient (Wildman–Crippen LogP) is 2.37. The summed E-state index contributed by atoms with van der Waals surface area (Å²) in [6.07, 6.45) is 7.86. The summed E-state index contributed by atoms with van der Waals surface area (Å²) in [7, 11) is 0. The molecule has 0 spiro atoms. The van der Waals surface area contributed by atoms with E-state index < -0.39 is 0 Å². The second kappa shape index (κ2) is 7.42. The topological polar surface area (TPSA) is 66.8 Å². The number of ether oxygens (including phenoxy) is 1. The Morgan fingerprint density at radius 3 is 2.17 bits per heavy atom. The molecule has 1 N–H and O–H groups in total. The first-order valence-electron chi connectivity index (χ1n) is 9.62. The number of esters is 1. The standard InChI is InChI=1S/C19H31NO4/c1-2-24-17(22)4-6-20(5-3-7-21)18(23)19-11-14-8-15(12-19)10-16(9-14)13-19/h14-16,21H,2-13H2,1H3. The van der Waals surface area contributed by atoms with Crippen molar-refractivity contribution in [3.05, 3.63) is 0 Å². The summed E-state index contributed by atoms with van der Waals surface area (Å²) in [6, 6.07) is 0. The Morgan fingerprint density at radius 2 is 1.67 bits per heavy atom. The van der Waals surface area contributed by atoms with Gasteiger partial charge in [-0.25, -0.2) is 0 Å². The normalized spacial score (nSPS) is 33.5. The molecule has 5 nitrogen and oxygen atoms in total. The van der Waals surface area contributed by atoms with Crippen LogP contribution in [0.15, 0.2) is 0 Å². The van der Waals surface area contributed by atoms with Crippen LogP contribution in [0.2, 0.25) is 0 Å². The molecule has 0 aromatic rings. The van der Waals surface area contributed by atoms with Crippen LogP contribution in [0.3, 0.4) is 0 Å². The molecule has 24 heavy (non-hydrogen) atoms. The summed E-state index contributed by atoms with van der Waals surface area (Å²) >= 11 is 0. The Labute approximate surface area is 144 Å². The SMILES string of the molecule is CCOC(=O)CCN(CCCO)C(=O)C12CC3CC(CC(C3)C1)C2. The van der Waals surface area contributed by atoms with Gasteiger partial charge in [-0.3, -0.25) is 9.59 Å². The average molecular weight is 337 g/mol. The van der Waals surface area contributed by atoms with Gasteiger partial charge in [-0.1, -0.05) is 0 Å². The molecule has 4 bridgehead atoms. The molecule has 0 aromatic carbocycles. The lowest BCUT2D eigenvalue weighted by Gasteiger charge is -2.56. The number of rotatable bonds is 8. The second-order valence-electron chi connectivity index (χ2n) is 8.12.